The van der Waals surface area contributed by atoms with Gasteiger partial charge < -0.3 is 0 Å². The maximum atomic E-state index is 5.47. The molecule has 1 saturated carbocycles. The lowest BCUT2D eigenvalue weighted by Crippen LogP contribution is -2.63. The summed E-state index contributed by atoms with van der Waals surface area (Å²) in [4.78, 5) is 8.48. The van der Waals surface area contributed by atoms with E-state index in [0.29, 0.717) is 24.0 Å². The highest BCUT2D eigenvalue weighted by molar-refractivity contribution is 5.85. The van der Waals surface area contributed by atoms with Crippen molar-refractivity contribution in [2.24, 2.45) is 27.7 Å². The second kappa shape index (κ2) is 11.9. The van der Waals surface area contributed by atoms with Crippen molar-refractivity contribution in [3.05, 3.63) is 0 Å². The van der Waals surface area contributed by atoms with Gasteiger partial charge in [-0.15, -0.1) is 0 Å². The van der Waals surface area contributed by atoms with Crippen LogP contribution in [0.3, 0.4) is 0 Å². The molecule has 0 N–H and O–H groups in total. The van der Waals surface area contributed by atoms with Crippen LogP contribution in [0.5, 0.6) is 0 Å². The predicted octanol–water partition coefficient (Wildman–Crippen LogP) is 9.17. The van der Waals surface area contributed by atoms with Gasteiger partial charge in [0.15, 0.2) is 0 Å². The van der Waals surface area contributed by atoms with Gasteiger partial charge in [0, 0.05) is 29.8 Å². The summed E-state index contributed by atoms with van der Waals surface area (Å²) in [5.41, 5.74) is 2.06. The van der Waals surface area contributed by atoms with E-state index in [-0.39, 0.29) is 16.4 Å². The van der Waals surface area contributed by atoms with Crippen LogP contribution < -0.4 is 0 Å². The van der Waals surface area contributed by atoms with Gasteiger partial charge in [0.2, 0.25) is 0 Å². The number of rotatable bonds is 10. The van der Waals surface area contributed by atoms with Crippen molar-refractivity contribution in [1.82, 2.24) is 4.90 Å². The maximum absolute atomic E-state index is 5.47. The lowest BCUT2D eigenvalue weighted by molar-refractivity contribution is -0.0683. The van der Waals surface area contributed by atoms with Gasteiger partial charge in [-0.1, -0.05) is 95.4 Å². The summed E-state index contributed by atoms with van der Waals surface area (Å²) in [5, 5.41) is 0. The second-order valence-electron chi connectivity index (χ2n) is 13.9. The Balaban J connectivity index is 3.53. The van der Waals surface area contributed by atoms with Gasteiger partial charge in [-0.2, -0.15) is 0 Å². The lowest BCUT2D eigenvalue weighted by Gasteiger charge is -2.56. The monoisotopic (exact) mass is 448 g/mol. The Bertz CT molecular complexity index is 573. The van der Waals surface area contributed by atoms with Crippen LogP contribution in [0.4, 0.5) is 0 Å². The van der Waals surface area contributed by atoms with Crippen molar-refractivity contribution in [3.63, 3.8) is 0 Å². The van der Waals surface area contributed by atoms with E-state index in [9.17, 15) is 0 Å². The van der Waals surface area contributed by atoms with E-state index in [1.807, 2.05) is 0 Å². The molecule has 0 bridgehead atoms. The fraction of sp³-hybridized carbons (Fsp3) is 0.967. The zero-order valence-corrected chi connectivity index (χ0v) is 24.4. The van der Waals surface area contributed by atoms with E-state index in [2.05, 4.69) is 94.9 Å². The first-order chi connectivity index (χ1) is 14.6. The molecule has 4 atom stereocenters. The molecule has 0 aromatic rings. The molecular formula is C30H60N2. The van der Waals surface area contributed by atoms with Crippen LogP contribution >= 0.6 is 0 Å². The molecule has 0 aromatic heterocycles. The summed E-state index contributed by atoms with van der Waals surface area (Å²) in [6, 6.07) is 1.59. The highest BCUT2D eigenvalue weighted by Crippen LogP contribution is 2.42. The highest BCUT2D eigenvalue weighted by Gasteiger charge is 2.45. The number of hydrogen-bond acceptors (Lipinski definition) is 2. The minimum absolute atomic E-state index is 0.166. The van der Waals surface area contributed by atoms with E-state index < -0.39 is 0 Å². The van der Waals surface area contributed by atoms with Crippen LogP contribution in [0, 0.1) is 22.7 Å². The van der Waals surface area contributed by atoms with E-state index in [4.69, 9.17) is 4.99 Å². The molecular weight excluding hydrogens is 388 g/mol. The third kappa shape index (κ3) is 7.85. The van der Waals surface area contributed by atoms with E-state index in [0.717, 1.165) is 25.2 Å². The van der Waals surface area contributed by atoms with E-state index in [1.54, 1.807) is 0 Å². The van der Waals surface area contributed by atoms with Crippen molar-refractivity contribution < 1.29 is 0 Å². The molecule has 0 heterocycles. The van der Waals surface area contributed by atoms with E-state index in [1.165, 1.54) is 37.8 Å². The van der Waals surface area contributed by atoms with Crippen molar-refractivity contribution >= 4 is 5.71 Å². The molecule has 1 fully saturated rings. The molecule has 0 saturated heterocycles. The average molecular weight is 449 g/mol. The zero-order valence-electron chi connectivity index (χ0n) is 24.4. The molecule has 0 aromatic carbocycles. The largest absolute Gasteiger partial charge is 0.291 e. The Hall–Kier alpha value is -0.370. The molecule has 32 heavy (non-hydrogen) atoms. The SMILES string of the molecule is CCC/C(CC(N(C1CCCCC1C)C(C)(C)C(C)C)C(C)(C)C)=N\C(CC)C(C)(C)C. The van der Waals surface area contributed by atoms with Crippen LogP contribution in [0.1, 0.15) is 141 Å². The van der Waals surface area contributed by atoms with Crippen molar-refractivity contribution in [3.8, 4) is 0 Å². The Labute approximate surface area is 203 Å². The van der Waals surface area contributed by atoms with E-state index >= 15 is 0 Å². The van der Waals surface area contributed by atoms with Crippen molar-refractivity contribution in [2.45, 2.75) is 165 Å². The Morgan fingerprint density at radius 3 is 1.88 bits per heavy atom. The lowest BCUT2D eigenvalue weighted by atomic mass is 9.73. The molecule has 0 radical (unpaired) electrons. The average Bonchev–Trinajstić information content (AvgIpc) is 2.64. The standard InChI is InChI=1S/C30H60N2/c1-14-18-24(31-26(15-2)28(6,7)8)21-27(29(9,10)11)32(30(12,13)22(3)4)25-20-17-16-19-23(25)5/h22-23,25-27H,14-21H2,1-13H3/b31-24+. The van der Waals surface area contributed by atoms with Crippen LogP contribution in [0.2, 0.25) is 0 Å². The Morgan fingerprint density at radius 1 is 0.906 bits per heavy atom. The van der Waals surface area contributed by atoms with Crippen molar-refractivity contribution in [2.75, 3.05) is 0 Å². The Kier molecular flexibility index (Phi) is 11.0. The molecule has 0 amide bonds. The zero-order chi connectivity index (χ0) is 24.9. The molecule has 2 heteroatoms. The Morgan fingerprint density at radius 2 is 1.47 bits per heavy atom. The summed E-state index contributed by atoms with van der Waals surface area (Å²) in [5.74, 6) is 1.39. The topological polar surface area (TPSA) is 15.6 Å². The fourth-order valence-corrected chi connectivity index (χ4v) is 5.74. The van der Waals surface area contributed by atoms with Gasteiger partial charge in [-0.25, -0.2) is 0 Å². The third-order valence-electron chi connectivity index (χ3n) is 8.53. The van der Waals surface area contributed by atoms with Crippen LogP contribution in [0.25, 0.3) is 0 Å². The third-order valence-corrected chi connectivity index (χ3v) is 8.53. The summed E-state index contributed by atoms with van der Waals surface area (Å²) in [6.07, 6.45) is 10.1. The van der Waals surface area contributed by atoms with Crippen LogP contribution in [0.15, 0.2) is 4.99 Å². The molecule has 1 aliphatic rings. The van der Waals surface area contributed by atoms with Gasteiger partial charge in [-0.05, 0) is 62.2 Å². The fourth-order valence-electron chi connectivity index (χ4n) is 5.74. The molecule has 0 spiro atoms. The summed E-state index contributed by atoms with van der Waals surface area (Å²) < 4.78 is 0. The van der Waals surface area contributed by atoms with Gasteiger partial charge >= 0.3 is 0 Å². The molecule has 0 aliphatic heterocycles. The van der Waals surface area contributed by atoms with Crippen LogP contribution in [-0.2, 0) is 0 Å². The minimum atomic E-state index is 0.166. The first-order valence-electron chi connectivity index (χ1n) is 13.9. The van der Waals surface area contributed by atoms with Gasteiger partial charge in [0.1, 0.15) is 0 Å². The van der Waals surface area contributed by atoms with Crippen molar-refractivity contribution in [1.29, 1.82) is 0 Å². The van der Waals surface area contributed by atoms with Gasteiger partial charge in [0.05, 0.1) is 6.04 Å². The summed E-state index contributed by atoms with van der Waals surface area (Å²) in [6.45, 7) is 31.5. The van der Waals surface area contributed by atoms with Crippen LogP contribution in [-0.4, -0.2) is 34.3 Å². The molecule has 1 rings (SSSR count). The predicted molar refractivity (Wildman–Crippen MR) is 146 cm³/mol. The first-order valence-corrected chi connectivity index (χ1v) is 13.9. The smallest absolute Gasteiger partial charge is 0.0544 e. The number of nitrogens with zero attached hydrogens (tertiary/aromatic N) is 2. The number of aliphatic imine (C=N–C) groups is 1. The van der Waals surface area contributed by atoms with Gasteiger partial charge in [0.25, 0.3) is 0 Å². The summed E-state index contributed by atoms with van der Waals surface area (Å²) in [7, 11) is 0. The number of hydrogen-bond donors (Lipinski definition) is 0. The molecule has 4 unspecified atom stereocenters. The quantitative estimate of drug-likeness (QED) is 0.304. The molecule has 190 valence electrons. The highest BCUT2D eigenvalue weighted by atomic mass is 15.3. The summed E-state index contributed by atoms with van der Waals surface area (Å²) >= 11 is 0. The molecule has 2 nitrogen and oxygen atoms in total. The maximum Gasteiger partial charge on any atom is 0.0544 e. The molecule has 1 aliphatic carbocycles. The first kappa shape index (κ1) is 29.7. The second-order valence-corrected chi connectivity index (χ2v) is 13.9. The normalized spacial score (nSPS) is 23.7. The van der Waals surface area contributed by atoms with Gasteiger partial charge in [-0.3, -0.25) is 9.89 Å². The minimum Gasteiger partial charge on any atom is -0.291 e.